The number of rotatable bonds is 8. The van der Waals surface area contributed by atoms with Crippen molar-refractivity contribution in [2.24, 2.45) is 5.92 Å². The predicted molar refractivity (Wildman–Crippen MR) is 60.3 cm³/mol. The molecule has 0 aromatic carbocycles. The number of hydrogen-bond acceptors (Lipinski definition) is 4. The molecule has 1 amide bonds. The van der Waals surface area contributed by atoms with E-state index in [1.165, 1.54) is 0 Å². The van der Waals surface area contributed by atoms with E-state index >= 15 is 0 Å². The fourth-order valence-corrected chi connectivity index (χ4v) is 1.09. The summed E-state index contributed by atoms with van der Waals surface area (Å²) in [6.07, 6.45) is 0.495. The third-order valence-electron chi connectivity index (χ3n) is 2.18. The lowest BCUT2D eigenvalue weighted by Gasteiger charge is -2.07. The van der Waals surface area contributed by atoms with Crippen LogP contribution in [0.4, 0.5) is 0 Å². The van der Waals surface area contributed by atoms with Crippen LogP contribution in [0.1, 0.15) is 33.1 Å². The highest BCUT2D eigenvalue weighted by molar-refractivity contribution is 5.81. The van der Waals surface area contributed by atoms with Crippen molar-refractivity contribution >= 4 is 17.8 Å². The van der Waals surface area contributed by atoms with Crippen LogP contribution in [-0.4, -0.2) is 36.1 Å². The summed E-state index contributed by atoms with van der Waals surface area (Å²) < 4.78 is 4.67. The third kappa shape index (κ3) is 8.24. The molecule has 0 saturated carbocycles. The van der Waals surface area contributed by atoms with E-state index in [1.54, 1.807) is 13.8 Å². The molecule has 0 bridgehead atoms. The molecule has 2 N–H and O–H groups in total. The van der Waals surface area contributed by atoms with Crippen LogP contribution in [0.2, 0.25) is 0 Å². The number of carboxylic acid groups (broad SMARTS) is 1. The monoisotopic (exact) mass is 245 g/mol. The topological polar surface area (TPSA) is 92.7 Å². The van der Waals surface area contributed by atoms with E-state index in [2.05, 4.69) is 10.1 Å². The number of amides is 1. The molecule has 0 aromatic heterocycles. The molecule has 0 aliphatic carbocycles. The highest BCUT2D eigenvalue weighted by Crippen LogP contribution is 2.00. The van der Waals surface area contributed by atoms with Gasteiger partial charge in [-0.15, -0.1) is 0 Å². The first-order valence-corrected chi connectivity index (χ1v) is 5.62. The molecule has 6 nitrogen and oxygen atoms in total. The Bertz CT molecular complexity index is 277. The summed E-state index contributed by atoms with van der Waals surface area (Å²) >= 11 is 0. The van der Waals surface area contributed by atoms with Crippen molar-refractivity contribution in [2.45, 2.75) is 33.1 Å². The molecule has 0 radical (unpaired) electrons. The fraction of sp³-hybridized carbons (Fsp3) is 0.727. The Morgan fingerprint density at radius 3 is 2.47 bits per heavy atom. The van der Waals surface area contributed by atoms with Gasteiger partial charge >= 0.3 is 11.9 Å². The van der Waals surface area contributed by atoms with Gasteiger partial charge in [-0.1, -0.05) is 6.92 Å². The van der Waals surface area contributed by atoms with Crippen LogP contribution >= 0.6 is 0 Å². The van der Waals surface area contributed by atoms with E-state index in [0.29, 0.717) is 19.6 Å². The number of carboxylic acids is 1. The highest BCUT2D eigenvalue weighted by atomic mass is 16.5. The van der Waals surface area contributed by atoms with Crippen molar-refractivity contribution in [1.29, 1.82) is 0 Å². The predicted octanol–water partition coefficient (Wildman–Crippen LogP) is 0.557. The normalized spacial score (nSPS) is 11.6. The first-order valence-electron chi connectivity index (χ1n) is 5.62. The molecule has 1 unspecified atom stereocenters. The quantitative estimate of drug-likeness (QED) is 0.609. The molecule has 17 heavy (non-hydrogen) atoms. The number of ether oxygens (including phenoxy) is 1. The largest absolute Gasteiger partial charge is 0.481 e. The summed E-state index contributed by atoms with van der Waals surface area (Å²) in [5.74, 6) is -2.04. The van der Waals surface area contributed by atoms with Gasteiger partial charge in [0, 0.05) is 13.0 Å². The zero-order valence-electron chi connectivity index (χ0n) is 10.2. The Morgan fingerprint density at radius 1 is 1.29 bits per heavy atom. The number of esters is 1. The zero-order valence-corrected chi connectivity index (χ0v) is 10.2. The lowest BCUT2D eigenvalue weighted by atomic mass is 10.1. The first-order chi connectivity index (χ1) is 7.97. The minimum Gasteiger partial charge on any atom is -0.481 e. The molecule has 0 saturated heterocycles. The van der Waals surface area contributed by atoms with Crippen molar-refractivity contribution in [3.05, 3.63) is 0 Å². The third-order valence-corrected chi connectivity index (χ3v) is 2.18. The van der Waals surface area contributed by atoms with Crippen LogP contribution in [0.5, 0.6) is 0 Å². The van der Waals surface area contributed by atoms with E-state index in [0.717, 1.165) is 0 Å². The van der Waals surface area contributed by atoms with Crippen molar-refractivity contribution in [3.8, 4) is 0 Å². The van der Waals surface area contributed by atoms with Crippen LogP contribution in [0.15, 0.2) is 0 Å². The van der Waals surface area contributed by atoms with Gasteiger partial charge in [-0.05, 0) is 13.3 Å². The maximum absolute atomic E-state index is 11.2. The Morgan fingerprint density at radius 2 is 1.94 bits per heavy atom. The van der Waals surface area contributed by atoms with E-state index < -0.39 is 17.9 Å². The maximum atomic E-state index is 11.2. The Balaban J connectivity index is 3.60. The smallest absolute Gasteiger partial charge is 0.306 e. The first kappa shape index (κ1) is 15.4. The van der Waals surface area contributed by atoms with Crippen LogP contribution in [0.3, 0.4) is 0 Å². The molecule has 1 atom stereocenters. The van der Waals surface area contributed by atoms with Gasteiger partial charge in [-0.3, -0.25) is 14.4 Å². The molecule has 0 aliphatic rings. The molecule has 0 heterocycles. The molecule has 0 aromatic rings. The number of carbonyl (C=O) groups is 3. The van der Waals surface area contributed by atoms with E-state index in [-0.39, 0.29) is 18.7 Å². The zero-order chi connectivity index (χ0) is 13.3. The molecule has 98 valence electrons. The van der Waals surface area contributed by atoms with Gasteiger partial charge in [-0.2, -0.15) is 0 Å². The van der Waals surface area contributed by atoms with Crippen LogP contribution in [0.25, 0.3) is 0 Å². The highest BCUT2D eigenvalue weighted by Gasteiger charge is 2.11. The van der Waals surface area contributed by atoms with Gasteiger partial charge < -0.3 is 15.2 Å². The SMILES string of the molecule is CCOC(=O)CCC(=O)NCCC(C)C(=O)O. The van der Waals surface area contributed by atoms with Gasteiger partial charge in [-0.25, -0.2) is 0 Å². The summed E-state index contributed by atoms with van der Waals surface area (Å²) in [4.78, 5) is 32.7. The molecule has 6 heteroatoms. The van der Waals surface area contributed by atoms with Crippen LogP contribution in [0, 0.1) is 5.92 Å². The summed E-state index contributed by atoms with van der Waals surface area (Å²) in [6, 6.07) is 0. The number of hydrogen-bond donors (Lipinski definition) is 2. The number of carbonyl (C=O) groups excluding carboxylic acids is 2. The van der Waals surface area contributed by atoms with Crippen molar-refractivity contribution in [3.63, 3.8) is 0 Å². The lowest BCUT2D eigenvalue weighted by Crippen LogP contribution is -2.27. The summed E-state index contributed by atoms with van der Waals surface area (Å²) in [7, 11) is 0. The summed E-state index contributed by atoms with van der Waals surface area (Å²) in [6.45, 7) is 3.88. The Hall–Kier alpha value is -1.59. The number of aliphatic carboxylic acids is 1. The lowest BCUT2D eigenvalue weighted by molar-refractivity contribution is -0.144. The average molecular weight is 245 g/mol. The second-order valence-electron chi connectivity index (χ2n) is 3.68. The average Bonchev–Trinajstić information content (AvgIpc) is 2.26. The van der Waals surface area contributed by atoms with E-state index in [1.807, 2.05) is 0 Å². The minimum atomic E-state index is -0.884. The molecule has 0 rings (SSSR count). The van der Waals surface area contributed by atoms with E-state index in [9.17, 15) is 14.4 Å². The van der Waals surface area contributed by atoms with Crippen LogP contribution in [-0.2, 0) is 19.1 Å². The van der Waals surface area contributed by atoms with Gasteiger partial charge in [0.2, 0.25) is 5.91 Å². The fourth-order valence-electron chi connectivity index (χ4n) is 1.09. The van der Waals surface area contributed by atoms with Gasteiger partial charge in [0.15, 0.2) is 0 Å². The second kappa shape index (κ2) is 8.55. The Labute approximate surface area is 100 Å². The minimum absolute atomic E-state index is 0.0498. The molecular weight excluding hydrogens is 226 g/mol. The van der Waals surface area contributed by atoms with Gasteiger partial charge in [0.05, 0.1) is 18.9 Å². The second-order valence-corrected chi connectivity index (χ2v) is 3.68. The van der Waals surface area contributed by atoms with Gasteiger partial charge in [0.25, 0.3) is 0 Å². The molecule has 0 spiro atoms. The molecule has 0 fully saturated rings. The number of nitrogens with one attached hydrogen (secondary N) is 1. The van der Waals surface area contributed by atoms with E-state index in [4.69, 9.17) is 5.11 Å². The van der Waals surface area contributed by atoms with Gasteiger partial charge in [0.1, 0.15) is 0 Å². The van der Waals surface area contributed by atoms with Crippen molar-refractivity contribution in [1.82, 2.24) is 5.32 Å². The summed E-state index contributed by atoms with van der Waals surface area (Å²) in [5.41, 5.74) is 0. The molecule has 0 aliphatic heterocycles. The maximum Gasteiger partial charge on any atom is 0.306 e. The van der Waals surface area contributed by atoms with Crippen molar-refractivity contribution in [2.75, 3.05) is 13.2 Å². The Kier molecular flexibility index (Phi) is 7.75. The molecular formula is C11H19NO5. The standard InChI is InChI=1S/C11H19NO5/c1-3-17-10(14)5-4-9(13)12-7-6-8(2)11(15)16/h8H,3-7H2,1-2H3,(H,12,13)(H,15,16). The van der Waals surface area contributed by atoms with Crippen LogP contribution < -0.4 is 5.32 Å². The summed E-state index contributed by atoms with van der Waals surface area (Å²) in [5, 5.41) is 11.2. The van der Waals surface area contributed by atoms with Crippen molar-refractivity contribution < 1.29 is 24.2 Å².